The Morgan fingerprint density at radius 3 is 2.91 bits per heavy atom. The zero-order valence-corrected chi connectivity index (χ0v) is 13.3. The zero-order chi connectivity index (χ0) is 16.5. The third kappa shape index (κ3) is 6.69. The van der Waals surface area contributed by atoms with Gasteiger partial charge in [-0.15, -0.1) is 0 Å². The van der Waals surface area contributed by atoms with E-state index in [4.69, 9.17) is 10.5 Å². The number of hydrogen-bond donors (Lipinski definition) is 3. The number of carbonyl (C=O) groups is 2. The summed E-state index contributed by atoms with van der Waals surface area (Å²) < 4.78 is 5.57. The number of unbranched alkanes of at least 4 members (excludes halogenated alkanes) is 1. The molecule has 1 aromatic carbocycles. The number of benzene rings is 1. The first-order chi connectivity index (χ1) is 11.1. The lowest BCUT2D eigenvalue weighted by molar-refractivity contribution is -0.117. The van der Waals surface area contributed by atoms with E-state index in [1.807, 2.05) is 0 Å². The molecule has 1 aromatic rings. The molecule has 0 radical (unpaired) electrons. The fourth-order valence-corrected chi connectivity index (χ4v) is 2.71. The van der Waals surface area contributed by atoms with Crippen LogP contribution in [0.3, 0.4) is 0 Å². The molecule has 0 unspecified atom stereocenters. The van der Waals surface area contributed by atoms with Crippen LogP contribution in [0.5, 0.6) is 0 Å². The minimum Gasteiger partial charge on any atom is -0.378 e. The maximum absolute atomic E-state index is 11.8. The molecule has 1 heterocycles. The van der Waals surface area contributed by atoms with Crippen molar-refractivity contribution in [3.63, 3.8) is 0 Å². The van der Waals surface area contributed by atoms with Gasteiger partial charge in [0.05, 0.1) is 12.5 Å². The number of amides is 3. The van der Waals surface area contributed by atoms with Crippen molar-refractivity contribution < 1.29 is 14.3 Å². The maximum atomic E-state index is 11.8. The van der Waals surface area contributed by atoms with Crippen LogP contribution in [0, 0.1) is 0 Å². The van der Waals surface area contributed by atoms with Crippen LogP contribution in [0.25, 0.3) is 0 Å². The van der Waals surface area contributed by atoms with Crippen molar-refractivity contribution in [2.45, 2.75) is 44.6 Å². The molecule has 2 rings (SSSR count). The molecular weight excluding hydrogens is 294 g/mol. The van der Waals surface area contributed by atoms with Crippen LogP contribution < -0.4 is 16.4 Å². The van der Waals surface area contributed by atoms with Gasteiger partial charge in [-0.2, -0.15) is 0 Å². The van der Waals surface area contributed by atoms with Crippen molar-refractivity contribution in [1.29, 1.82) is 0 Å². The molecule has 0 saturated carbocycles. The second kappa shape index (κ2) is 9.15. The lowest BCUT2D eigenvalue weighted by Gasteiger charge is -2.10. The van der Waals surface area contributed by atoms with Gasteiger partial charge in [-0.3, -0.25) is 4.79 Å². The fraction of sp³-hybridized carbons (Fsp3) is 0.529. The first-order valence-corrected chi connectivity index (χ1v) is 8.17. The number of carbonyl (C=O) groups excluding carboxylic acids is 2. The van der Waals surface area contributed by atoms with E-state index in [0.717, 1.165) is 37.9 Å². The average molecular weight is 319 g/mol. The number of nitrogens with two attached hydrogens (primary N) is 1. The number of hydrogen-bond acceptors (Lipinski definition) is 3. The molecule has 4 N–H and O–H groups in total. The molecule has 6 nitrogen and oxygen atoms in total. The number of urea groups is 1. The van der Waals surface area contributed by atoms with Crippen molar-refractivity contribution in [3.8, 4) is 0 Å². The summed E-state index contributed by atoms with van der Waals surface area (Å²) in [6.45, 7) is 1.53. The van der Waals surface area contributed by atoms with Crippen molar-refractivity contribution in [2.24, 2.45) is 5.73 Å². The summed E-state index contributed by atoms with van der Waals surface area (Å²) in [5.74, 6) is -0.391. The number of rotatable bonds is 8. The van der Waals surface area contributed by atoms with Crippen LogP contribution >= 0.6 is 0 Å². The molecule has 6 heteroatoms. The highest BCUT2D eigenvalue weighted by atomic mass is 16.5. The fourth-order valence-electron chi connectivity index (χ4n) is 2.71. The van der Waals surface area contributed by atoms with Gasteiger partial charge in [0.25, 0.3) is 0 Å². The van der Waals surface area contributed by atoms with E-state index in [0.29, 0.717) is 18.3 Å². The molecule has 23 heavy (non-hydrogen) atoms. The minimum atomic E-state index is -0.391. The third-order valence-corrected chi connectivity index (χ3v) is 3.83. The highest BCUT2D eigenvalue weighted by Gasteiger charge is 2.14. The Morgan fingerprint density at radius 1 is 1.30 bits per heavy atom. The highest BCUT2D eigenvalue weighted by molar-refractivity contribution is 5.89. The predicted molar refractivity (Wildman–Crippen MR) is 89.2 cm³/mol. The van der Waals surface area contributed by atoms with Crippen LogP contribution in [0.4, 0.5) is 10.5 Å². The normalized spacial score (nSPS) is 17.0. The van der Waals surface area contributed by atoms with Crippen molar-refractivity contribution in [3.05, 3.63) is 29.8 Å². The molecule has 0 aliphatic carbocycles. The van der Waals surface area contributed by atoms with Crippen LogP contribution in [0.15, 0.2) is 24.3 Å². The SMILES string of the molecule is NC(=O)Cc1cccc(NC(=O)NCCCC[C@@H]2CCCO2)c1. The van der Waals surface area contributed by atoms with Crippen molar-refractivity contribution in [2.75, 3.05) is 18.5 Å². The summed E-state index contributed by atoms with van der Waals surface area (Å²) in [5, 5.41) is 5.60. The van der Waals surface area contributed by atoms with E-state index in [1.165, 1.54) is 6.42 Å². The quantitative estimate of drug-likeness (QED) is 0.641. The van der Waals surface area contributed by atoms with Gasteiger partial charge in [-0.25, -0.2) is 4.79 Å². The minimum absolute atomic E-state index is 0.167. The van der Waals surface area contributed by atoms with Gasteiger partial charge in [0.2, 0.25) is 5.91 Å². The summed E-state index contributed by atoms with van der Waals surface area (Å²) in [6, 6.07) is 6.89. The largest absolute Gasteiger partial charge is 0.378 e. The van der Waals surface area contributed by atoms with Crippen molar-refractivity contribution >= 4 is 17.6 Å². The smallest absolute Gasteiger partial charge is 0.319 e. The van der Waals surface area contributed by atoms with Gasteiger partial charge in [0.1, 0.15) is 0 Å². The van der Waals surface area contributed by atoms with Crippen LogP contribution in [0.2, 0.25) is 0 Å². The van der Waals surface area contributed by atoms with E-state index in [1.54, 1.807) is 24.3 Å². The Labute approximate surface area is 136 Å². The Morgan fingerprint density at radius 2 is 2.17 bits per heavy atom. The molecule has 0 bridgehead atoms. The number of nitrogens with one attached hydrogen (secondary N) is 2. The molecule has 0 aromatic heterocycles. The van der Waals surface area contributed by atoms with Crippen LogP contribution in [-0.2, 0) is 16.0 Å². The summed E-state index contributed by atoms with van der Waals surface area (Å²) in [7, 11) is 0. The summed E-state index contributed by atoms with van der Waals surface area (Å²) in [4.78, 5) is 22.7. The predicted octanol–water partition coefficient (Wildman–Crippen LogP) is 2.19. The molecule has 1 saturated heterocycles. The lowest BCUT2D eigenvalue weighted by atomic mass is 10.1. The van der Waals surface area contributed by atoms with Gasteiger partial charge in [-0.1, -0.05) is 12.1 Å². The lowest BCUT2D eigenvalue weighted by Crippen LogP contribution is -2.29. The first-order valence-electron chi connectivity index (χ1n) is 8.17. The van der Waals surface area contributed by atoms with E-state index in [-0.39, 0.29) is 12.5 Å². The second-order valence-corrected chi connectivity index (χ2v) is 5.86. The highest BCUT2D eigenvalue weighted by Crippen LogP contribution is 2.17. The van der Waals surface area contributed by atoms with E-state index < -0.39 is 5.91 Å². The molecule has 1 atom stereocenters. The topological polar surface area (TPSA) is 93.5 Å². The summed E-state index contributed by atoms with van der Waals surface area (Å²) in [6.07, 6.45) is 5.97. The zero-order valence-electron chi connectivity index (χ0n) is 13.3. The van der Waals surface area contributed by atoms with Gasteiger partial charge in [0, 0.05) is 18.8 Å². The number of ether oxygens (including phenoxy) is 1. The monoisotopic (exact) mass is 319 g/mol. The molecule has 126 valence electrons. The van der Waals surface area contributed by atoms with E-state index in [2.05, 4.69) is 10.6 Å². The average Bonchev–Trinajstić information content (AvgIpc) is 3.00. The molecule has 0 spiro atoms. The molecule has 1 fully saturated rings. The standard InChI is InChI=1S/C17H25N3O3/c18-16(21)12-13-5-3-6-14(11-13)20-17(22)19-9-2-1-7-15-8-4-10-23-15/h3,5-6,11,15H,1-2,4,7-10,12H2,(H2,18,21)(H2,19,20,22)/t15-/m1/s1. The first kappa shape index (κ1) is 17.3. The third-order valence-electron chi connectivity index (χ3n) is 3.83. The van der Waals surface area contributed by atoms with Gasteiger partial charge < -0.3 is 21.1 Å². The number of primary amides is 1. The van der Waals surface area contributed by atoms with Gasteiger partial charge in [0.15, 0.2) is 0 Å². The number of anilines is 1. The summed E-state index contributed by atoms with van der Waals surface area (Å²) in [5.41, 5.74) is 6.61. The van der Waals surface area contributed by atoms with Gasteiger partial charge in [-0.05, 0) is 49.8 Å². The molecular formula is C17H25N3O3. The van der Waals surface area contributed by atoms with Crippen LogP contribution in [-0.4, -0.2) is 31.2 Å². The molecule has 1 aliphatic rings. The Kier molecular flexibility index (Phi) is 6.87. The van der Waals surface area contributed by atoms with Crippen molar-refractivity contribution in [1.82, 2.24) is 5.32 Å². The Hall–Kier alpha value is -2.08. The second-order valence-electron chi connectivity index (χ2n) is 5.86. The Bertz CT molecular complexity index is 528. The maximum Gasteiger partial charge on any atom is 0.319 e. The van der Waals surface area contributed by atoms with Crippen LogP contribution in [0.1, 0.15) is 37.7 Å². The molecule has 3 amide bonds. The Balaban J connectivity index is 1.63. The summed E-state index contributed by atoms with van der Waals surface area (Å²) >= 11 is 0. The van der Waals surface area contributed by atoms with E-state index >= 15 is 0 Å². The van der Waals surface area contributed by atoms with E-state index in [9.17, 15) is 9.59 Å². The van der Waals surface area contributed by atoms with Gasteiger partial charge >= 0.3 is 6.03 Å². The molecule has 1 aliphatic heterocycles.